The molecule has 0 spiro atoms. The molecule has 1 aliphatic heterocycles. The summed E-state index contributed by atoms with van der Waals surface area (Å²) in [6.45, 7) is 5.41. The van der Waals surface area contributed by atoms with Crippen LogP contribution in [0.1, 0.15) is 26.2 Å². The lowest BCUT2D eigenvalue weighted by Crippen LogP contribution is -2.44. The highest BCUT2D eigenvalue weighted by atomic mass is 16.5. The first-order valence-corrected chi connectivity index (χ1v) is 5.27. The first-order chi connectivity index (χ1) is 6.26. The fraction of sp³-hybridized carbons (Fsp3) is 1.00. The van der Waals surface area contributed by atoms with E-state index in [1.54, 1.807) is 7.11 Å². The van der Waals surface area contributed by atoms with Gasteiger partial charge in [-0.1, -0.05) is 6.92 Å². The van der Waals surface area contributed by atoms with Gasteiger partial charge in [-0.2, -0.15) is 0 Å². The third-order valence-electron chi connectivity index (χ3n) is 2.81. The third kappa shape index (κ3) is 3.63. The van der Waals surface area contributed by atoms with E-state index < -0.39 is 0 Å². The summed E-state index contributed by atoms with van der Waals surface area (Å²) >= 11 is 0. The Morgan fingerprint density at radius 3 is 3.00 bits per heavy atom. The van der Waals surface area contributed by atoms with Crippen LogP contribution >= 0.6 is 0 Å². The molecular weight excluding hydrogens is 164 g/mol. The predicted molar refractivity (Wildman–Crippen MR) is 54.7 cm³/mol. The van der Waals surface area contributed by atoms with Crippen LogP contribution < -0.4 is 5.73 Å². The Morgan fingerprint density at radius 1 is 1.62 bits per heavy atom. The molecule has 1 heterocycles. The topological polar surface area (TPSA) is 38.5 Å². The highest BCUT2D eigenvalue weighted by Gasteiger charge is 2.20. The van der Waals surface area contributed by atoms with E-state index in [0.717, 1.165) is 19.5 Å². The zero-order valence-corrected chi connectivity index (χ0v) is 8.83. The van der Waals surface area contributed by atoms with E-state index >= 15 is 0 Å². The molecule has 3 heteroatoms. The molecule has 78 valence electrons. The lowest BCUT2D eigenvalue weighted by Gasteiger charge is -2.33. The molecule has 0 bridgehead atoms. The Labute approximate surface area is 81.2 Å². The summed E-state index contributed by atoms with van der Waals surface area (Å²) in [5.74, 6) is 0. The van der Waals surface area contributed by atoms with E-state index in [-0.39, 0.29) is 0 Å². The Kier molecular flexibility index (Phi) is 4.70. The monoisotopic (exact) mass is 186 g/mol. The minimum absolute atomic E-state index is 0.329. The van der Waals surface area contributed by atoms with E-state index in [2.05, 4.69) is 11.8 Å². The maximum absolute atomic E-state index is 5.91. The number of hydrogen-bond acceptors (Lipinski definition) is 3. The molecule has 2 unspecified atom stereocenters. The first kappa shape index (κ1) is 11.0. The van der Waals surface area contributed by atoms with E-state index in [4.69, 9.17) is 10.5 Å². The van der Waals surface area contributed by atoms with Gasteiger partial charge in [0.1, 0.15) is 0 Å². The molecule has 13 heavy (non-hydrogen) atoms. The maximum atomic E-state index is 5.91. The van der Waals surface area contributed by atoms with Crippen LogP contribution in [0.2, 0.25) is 0 Å². The van der Waals surface area contributed by atoms with Crippen molar-refractivity contribution in [1.29, 1.82) is 0 Å². The van der Waals surface area contributed by atoms with E-state index in [1.807, 2.05) is 0 Å². The summed E-state index contributed by atoms with van der Waals surface area (Å²) in [5, 5.41) is 0. The predicted octanol–water partition coefficient (Wildman–Crippen LogP) is 0.834. The van der Waals surface area contributed by atoms with Crippen LogP contribution in [0, 0.1) is 0 Å². The van der Waals surface area contributed by atoms with Gasteiger partial charge in [0.15, 0.2) is 0 Å². The molecule has 0 aromatic heterocycles. The Hall–Kier alpha value is -0.120. The highest BCUT2D eigenvalue weighted by molar-refractivity contribution is 4.75. The van der Waals surface area contributed by atoms with Crippen LogP contribution in [0.25, 0.3) is 0 Å². The second-order valence-electron chi connectivity index (χ2n) is 3.93. The second kappa shape index (κ2) is 5.58. The number of methoxy groups -OCH3 is 1. The van der Waals surface area contributed by atoms with Gasteiger partial charge >= 0.3 is 0 Å². The van der Waals surface area contributed by atoms with Crippen LogP contribution in [-0.4, -0.2) is 43.8 Å². The third-order valence-corrected chi connectivity index (χ3v) is 2.81. The Bertz CT molecular complexity index is 139. The van der Waals surface area contributed by atoms with Crippen molar-refractivity contribution in [3.8, 4) is 0 Å². The minimum Gasteiger partial charge on any atom is -0.380 e. The average Bonchev–Trinajstić information content (AvgIpc) is 2.18. The fourth-order valence-corrected chi connectivity index (χ4v) is 1.83. The number of likely N-dealkylation sites (tertiary alicyclic amines) is 1. The molecule has 1 aliphatic rings. The van der Waals surface area contributed by atoms with Gasteiger partial charge in [-0.05, 0) is 25.8 Å². The van der Waals surface area contributed by atoms with Crippen molar-refractivity contribution in [2.24, 2.45) is 5.73 Å². The molecule has 0 aliphatic carbocycles. The van der Waals surface area contributed by atoms with Gasteiger partial charge < -0.3 is 10.5 Å². The van der Waals surface area contributed by atoms with Crippen LogP contribution in [0.4, 0.5) is 0 Å². The maximum Gasteiger partial charge on any atom is 0.0698 e. The molecule has 1 saturated heterocycles. The molecule has 3 nitrogen and oxygen atoms in total. The van der Waals surface area contributed by atoms with Gasteiger partial charge in [0.05, 0.1) is 6.10 Å². The minimum atomic E-state index is 0.329. The lowest BCUT2D eigenvalue weighted by molar-refractivity contribution is 0.0294. The van der Waals surface area contributed by atoms with Crippen molar-refractivity contribution >= 4 is 0 Å². The smallest absolute Gasteiger partial charge is 0.0698 e. The molecule has 0 aromatic carbocycles. The van der Waals surface area contributed by atoms with Crippen LogP contribution in [0.3, 0.4) is 0 Å². The fourth-order valence-electron chi connectivity index (χ4n) is 1.83. The molecule has 0 radical (unpaired) electrons. The van der Waals surface area contributed by atoms with E-state index in [0.29, 0.717) is 12.1 Å². The molecule has 1 fully saturated rings. The van der Waals surface area contributed by atoms with Crippen LogP contribution in [0.5, 0.6) is 0 Å². The largest absolute Gasteiger partial charge is 0.380 e. The number of nitrogens with zero attached hydrogens (tertiary/aromatic N) is 1. The SMILES string of the molecule is CCC(N)CN1CCCC(OC)C1. The lowest BCUT2D eigenvalue weighted by atomic mass is 10.1. The summed E-state index contributed by atoms with van der Waals surface area (Å²) in [4.78, 5) is 2.42. The van der Waals surface area contributed by atoms with E-state index in [1.165, 1.54) is 19.4 Å². The zero-order chi connectivity index (χ0) is 9.68. The number of hydrogen-bond donors (Lipinski definition) is 1. The summed E-state index contributed by atoms with van der Waals surface area (Å²) < 4.78 is 5.35. The standard InChI is InChI=1S/C10H22N2O/c1-3-9(11)7-12-6-4-5-10(8-12)13-2/h9-10H,3-8,11H2,1-2H3. The van der Waals surface area contributed by atoms with Gasteiger partial charge in [-0.3, -0.25) is 4.90 Å². The number of piperidine rings is 1. The highest BCUT2D eigenvalue weighted by Crippen LogP contribution is 2.12. The van der Waals surface area contributed by atoms with Crippen LogP contribution in [-0.2, 0) is 4.74 Å². The van der Waals surface area contributed by atoms with Crippen molar-refractivity contribution in [1.82, 2.24) is 4.90 Å². The van der Waals surface area contributed by atoms with Crippen molar-refractivity contribution in [3.05, 3.63) is 0 Å². The molecule has 2 atom stereocenters. The Morgan fingerprint density at radius 2 is 2.38 bits per heavy atom. The van der Waals surface area contributed by atoms with Crippen molar-refractivity contribution in [3.63, 3.8) is 0 Å². The Balaban J connectivity index is 2.25. The van der Waals surface area contributed by atoms with Gasteiger partial charge in [-0.25, -0.2) is 0 Å². The molecule has 2 N–H and O–H groups in total. The summed E-state index contributed by atoms with van der Waals surface area (Å²) in [7, 11) is 1.80. The van der Waals surface area contributed by atoms with Gasteiger partial charge in [0, 0.05) is 26.2 Å². The van der Waals surface area contributed by atoms with Crippen molar-refractivity contribution in [2.45, 2.75) is 38.3 Å². The second-order valence-corrected chi connectivity index (χ2v) is 3.93. The molecule has 0 aromatic rings. The molecule has 0 amide bonds. The normalized spacial score (nSPS) is 27.5. The average molecular weight is 186 g/mol. The van der Waals surface area contributed by atoms with Crippen molar-refractivity contribution in [2.75, 3.05) is 26.7 Å². The summed E-state index contributed by atoms with van der Waals surface area (Å²) in [6, 6.07) is 0.329. The van der Waals surface area contributed by atoms with Crippen LogP contribution in [0.15, 0.2) is 0 Å². The van der Waals surface area contributed by atoms with Gasteiger partial charge in [-0.15, -0.1) is 0 Å². The number of ether oxygens (including phenoxy) is 1. The molecule has 0 saturated carbocycles. The van der Waals surface area contributed by atoms with Crippen molar-refractivity contribution < 1.29 is 4.74 Å². The molecular formula is C10H22N2O. The summed E-state index contributed by atoms with van der Waals surface area (Å²) in [5.41, 5.74) is 5.91. The number of nitrogens with two attached hydrogens (primary N) is 1. The molecule has 1 rings (SSSR count). The van der Waals surface area contributed by atoms with E-state index in [9.17, 15) is 0 Å². The quantitative estimate of drug-likeness (QED) is 0.707. The van der Waals surface area contributed by atoms with Gasteiger partial charge in [0.25, 0.3) is 0 Å². The first-order valence-electron chi connectivity index (χ1n) is 5.27. The summed E-state index contributed by atoms with van der Waals surface area (Å²) in [6.07, 6.45) is 3.94. The zero-order valence-electron chi connectivity index (χ0n) is 8.83. The van der Waals surface area contributed by atoms with Gasteiger partial charge in [0.2, 0.25) is 0 Å². The number of rotatable bonds is 4.